The summed E-state index contributed by atoms with van der Waals surface area (Å²) in [5.41, 5.74) is 1.56. The van der Waals surface area contributed by atoms with E-state index in [1.807, 2.05) is 13.0 Å². The number of carbonyl (C=O) groups excluding carboxylic acids is 2. The largest absolute Gasteiger partial charge is 0.457 e. The minimum Gasteiger partial charge on any atom is -0.457 e. The first-order valence-electron chi connectivity index (χ1n) is 16.4. The van der Waals surface area contributed by atoms with Crippen molar-refractivity contribution in [1.82, 2.24) is 25.3 Å². The highest BCUT2D eigenvalue weighted by atomic mass is 19.4. The van der Waals surface area contributed by atoms with Gasteiger partial charge in [0.15, 0.2) is 6.10 Å². The van der Waals surface area contributed by atoms with Crippen LogP contribution in [0.4, 0.5) is 13.2 Å². The molecule has 2 aliphatic heterocycles. The normalized spacial score (nSPS) is 20.5. The van der Waals surface area contributed by atoms with Crippen LogP contribution < -0.4 is 10.1 Å². The lowest BCUT2D eigenvalue weighted by Crippen LogP contribution is -2.47. The molecule has 3 aromatic rings. The number of hydrogen-bond donors (Lipinski definition) is 2. The van der Waals surface area contributed by atoms with Gasteiger partial charge in [0.25, 0.3) is 5.91 Å². The van der Waals surface area contributed by atoms with E-state index >= 15 is 0 Å². The van der Waals surface area contributed by atoms with Gasteiger partial charge in [-0.1, -0.05) is 25.8 Å². The molecule has 6 rings (SSSR count). The minimum atomic E-state index is -4.83. The van der Waals surface area contributed by atoms with Crippen LogP contribution in [-0.2, 0) is 11.3 Å². The molecule has 0 spiro atoms. The highest BCUT2D eigenvalue weighted by Crippen LogP contribution is 2.33. The number of nitrogens with zero attached hydrogens (tertiary/aromatic N) is 4. The van der Waals surface area contributed by atoms with Crippen LogP contribution in [-0.4, -0.2) is 74.8 Å². The Balaban J connectivity index is 1.16. The molecule has 250 valence electrons. The summed E-state index contributed by atoms with van der Waals surface area (Å²) in [5, 5.41) is 20.0. The van der Waals surface area contributed by atoms with Gasteiger partial charge in [-0.15, -0.1) is 0 Å². The Labute approximate surface area is 272 Å². The van der Waals surface area contributed by atoms with Crippen molar-refractivity contribution in [3.63, 3.8) is 0 Å². The molecule has 2 amide bonds. The molecule has 12 heteroatoms. The number of likely N-dealkylation sites (tertiary alicyclic amines) is 2. The maximum atomic E-state index is 13.4. The molecule has 2 N–H and O–H groups in total. The van der Waals surface area contributed by atoms with Crippen molar-refractivity contribution in [2.75, 3.05) is 19.6 Å². The maximum Gasteiger partial charge on any atom is 0.420 e. The van der Waals surface area contributed by atoms with Gasteiger partial charge in [-0.25, -0.2) is 0 Å². The van der Waals surface area contributed by atoms with Crippen LogP contribution in [0.25, 0.3) is 11.3 Å². The van der Waals surface area contributed by atoms with E-state index in [0.29, 0.717) is 53.9 Å². The first-order valence-corrected chi connectivity index (χ1v) is 16.4. The SMILES string of the molecule is CC1CC(=O)N(Cc2ccc(C(=O)NC3CCN(C4CCCC4)CC3)cc2Oc2ccc(-c3ccc(C(O)C(F)(F)F)nn3)cc2)C1. The van der Waals surface area contributed by atoms with E-state index in [1.165, 1.54) is 31.7 Å². The van der Waals surface area contributed by atoms with Crippen molar-refractivity contribution in [3.05, 3.63) is 71.4 Å². The second-order valence-corrected chi connectivity index (χ2v) is 13.0. The smallest absolute Gasteiger partial charge is 0.420 e. The van der Waals surface area contributed by atoms with E-state index in [0.717, 1.165) is 37.6 Å². The molecule has 2 atom stereocenters. The van der Waals surface area contributed by atoms with Crippen LogP contribution in [0.2, 0.25) is 0 Å². The van der Waals surface area contributed by atoms with Crippen LogP contribution in [0.15, 0.2) is 54.6 Å². The van der Waals surface area contributed by atoms with Gasteiger partial charge in [0, 0.05) is 61.4 Å². The van der Waals surface area contributed by atoms with Gasteiger partial charge in [-0.3, -0.25) is 9.59 Å². The third-order valence-corrected chi connectivity index (χ3v) is 9.46. The number of carbonyl (C=O) groups is 2. The van der Waals surface area contributed by atoms with E-state index in [2.05, 4.69) is 20.4 Å². The lowest BCUT2D eigenvalue weighted by molar-refractivity contribution is -0.208. The molecule has 3 heterocycles. The number of benzene rings is 2. The van der Waals surface area contributed by atoms with Gasteiger partial charge in [0.05, 0.1) is 5.69 Å². The van der Waals surface area contributed by atoms with E-state index < -0.39 is 18.0 Å². The average Bonchev–Trinajstić information content (AvgIpc) is 3.71. The minimum absolute atomic E-state index is 0.0773. The van der Waals surface area contributed by atoms with Gasteiger partial charge in [-0.2, -0.15) is 23.4 Å². The molecule has 0 bridgehead atoms. The zero-order valence-electron chi connectivity index (χ0n) is 26.4. The fraction of sp³-hybridized carbons (Fsp3) is 0.486. The van der Waals surface area contributed by atoms with Crippen molar-refractivity contribution in [3.8, 4) is 22.8 Å². The first kappa shape index (κ1) is 32.9. The molecule has 47 heavy (non-hydrogen) atoms. The number of aliphatic hydroxyl groups excluding tert-OH is 1. The Bertz CT molecular complexity index is 1550. The summed E-state index contributed by atoms with van der Waals surface area (Å²) in [6.45, 7) is 5.02. The lowest BCUT2D eigenvalue weighted by Gasteiger charge is -2.36. The fourth-order valence-corrected chi connectivity index (χ4v) is 6.83. The second kappa shape index (κ2) is 14.0. The van der Waals surface area contributed by atoms with Gasteiger partial charge in [-0.05, 0) is 80.1 Å². The molecule has 2 unspecified atom stereocenters. The highest BCUT2D eigenvalue weighted by molar-refractivity contribution is 5.95. The van der Waals surface area contributed by atoms with Crippen LogP contribution >= 0.6 is 0 Å². The van der Waals surface area contributed by atoms with Crippen molar-refractivity contribution in [2.24, 2.45) is 5.92 Å². The van der Waals surface area contributed by atoms with Crippen molar-refractivity contribution >= 4 is 11.8 Å². The van der Waals surface area contributed by atoms with Gasteiger partial charge < -0.3 is 25.0 Å². The number of rotatable bonds is 9. The standard InChI is InChI=1S/C35H40F3N5O4/c1-22-18-32(44)43(20-22)21-25-7-6-24(34(46)39-26-14-16-42(17-15-26)27-4-2-3-5-27)19-31(25)47-28-10-8-23(9-11-28)29-12-13-30(41-40-29)33(45)35(36,37)38/h6-13,19,22,26-27,33,45H,2-5,14-18,20-21H2,1H3,(H,39,46). The molecule has 0 radical (unpaired) electrons. The third-order valence-electron chi connectivity index (χ3n) is 9.46. The summed E-state index contributed by atoms with van der Waals surface area (Å²) >= 11 is 0. The second-order valence-electron chi connectivity index (χ2n) is 13.0. The molecule has 2 aromatic carbocycles. The molecule has 3 fully saturated rings. The number of halogens is 3. The molecular weight excluding hydrogens is 611 g/mol. The summed E-state index contributed by atoms with van der Waals surface area (Å²) < 4.78 is 44.8. The molecule has 1 aromatic heterocycles. The summed E-state index contributed by atoms with van der Waals surface area (Å²) in [6.07, 6.45) is -0.0553. The fourth-order valence-electron chi connectivity index (χ4n) is 6.83. The first-order chi connectivity index (χ1) is 22.5. The van der Waals surface area contributed by atoms with Crippen LogP contribution in [0.5, 0.6) is 11.5 Å². The number of ether oxygens (including phenoxy) is 1. The van der Waals surface area contributed by atoms with E-state index in [1.54, 1.807) is 41.3 Å². The van der Waals surface area contributed by atoms with E-state index in [9.17, 15) is 27.9 Å². The van der Waals surface area contributed by atoms with Gasteiger partial charge in [0.2, 0.25) is 5.91 Å². The maximum absolute atomic E-state index is 13.4. The predicted molar refractivity (Wildman–Crippen MR) is 169 cm³/mol. The molecule has 1 aliphatic carbocycles. The Morgan fingerprint density at radius 3 is 2.36 bits per heavy atom. The number of hydrogen-bond acceptors (Lipinski definition) is 7. The summed E-state index contributed by atoms with van der Waals surface area (Å²) in [5.74, 6) is 1.09. The Morgan fingerprint density at radius 1 is 1.02 bits per heavy atom. The van der Waals surface area contributed by atoms with E-state index in [4.69, 9.17) is 4.74 Å². The predicted octanol–water partition coefficient (Wildman–Crippen LogP) is 6.04. The number of aromatic nitrogens is 2. The Kier molecular flexibility index (Phi) is 9.79. The Hall–Kier alpha value is -4.03. The quantitative estimate of drug-likeness (QED) is 0.291. The van der Waals surface area contributed by atoms with Gasteiger partial charge in [0.1, 0.15) is 17.2 Å². The monoisotopic (exact) mass is 651 g/mol. The molecular formula is C35H40F3N5O4. The summed E-state index contributed by atoms with van der Waals surface area (Å²) in [6, 6.07) is 15.3. The molecule has 2 saturated heterocycles. The highest BCUT2D eigenvalue weighted by Gasteiger charge is 2.40. The van der Waals surface area contributed by atoms with Crippen LogP contribution in [0.1, 0.15) is 79.6 Å². The topological polar surface area (TPSA) is 108 Å². The average molecular weight is 652 g/mol. The number of piperidine rings is 1. The van der Waals surface area contributed by atoms with Crippen molar-refractivity contribution in [1.29, 1.82) is 0 Å². The van der Waals surface area contributed by atoms with E-state index in [-0.39, 0.29) is 23.8 Å². The number of aliphatic hydroxyl groups is 1. The Morgan fingerprint density at radius 2 is 1.74 bits per heavy atom. The number of alkyl halides is 3. The molecule has 3 aliphatic rings. The van der Waals surface area contributed by atoms with Crippen LogP contribution in [0, 0.1) is 5.92 Å². The summed E-state index contributed by atoms with van der Waals surface area (Å²) in [7, 11) is 0. The van der Waals surface area contributed by atoms with Crippen molar-refractivity contribution < 1.29 is 32.6 Å². The zero-order valence-corrected chi connectivity index (χ0v) is 26.4. The molecule has 1 saturated carbocycles. The van der Waals surface area contributed by atoms with Gasteiger partial charge >= 0.3 is 6.18 Å². The number of nitrogens with one attached hydrogen (secondary N) is 1. The zero-order chi connectivity index (χ0) is 33.1. The summed E-state index contributed by atoms with van der Waals surface area (Å²) in [4.78, 5) is 30.3. The van der Waals surface area contributed by atoms with Crippen molar-refractivity contribution in [2.45, 2.75) is 82.8 Å². The van der Waals surface area contributed by atoms with Crippen LogP contribution in [0.3, 0.4) is 0 Å². The molecule has 9 nitrogen and oxygen atoms in total. The lowest BCUT2D eigenvalue weighted by atomic mass is 10.0. The number of amides is 2. The third kappa shape index (κ3) is 7.93.